The smallest absolute Gasteiger partial charge is 0.243 e. The molecule has 0 saturated carbocycles. The molecule has 1 unspecified atom stereocenters. The van der Waals surface area contributed by atoms with Crippen LogP contribution in [0.1, 0.15) is 33.3 Å². The molecule has 2 aromatic carbocycles. The number of hydrogen-bond acceptors (Lipinski definition) is 3. The Morgan fingerprint density at radius 3 is 1.93 bits per heavy atom. The maximum atomic E-state index is 13.0. The topological polar surface area (TPSA) is 85.2 Å². The molecule has 0 fully saturated rings. The van der Waals surface area contributed by atoms with Crippen LogP contribution in [0.2, 0.25) is 0 Å². The van der Waals surface area contributed by atoms with Gasteiger partial charge in [0.2, 0.25) is 10.0 Å². The largest absolute Gasteiger partial charge is 0.386 e. The van der Waals surface area contributed by atoms with Gasteiger partial charge in [-0.2, -0.15) is 4.31 Å². The number of nitrogens with zero attached hydrogens (tertiary/aromatic N) is 1. The molecule has 0 heterocycles. The van der Waals surface area contributed by atoms with Crippen molar-refractivity contribution in [3.05, 3.63) is 66.2 Å². The van der Waals surface area contributed by atoms with Crippen molar-refractivity contribution in [2.45, 2.75) is 51.2 Å². The number of quaternary nitrogens is 1. The zero-order chi connectivity index (χ0) is 21.2. The highest BCUT2D eigenvalue weighted by molar-refractivity contribution is 7.89. The summed E-state index contributed by atoms with van der Waals surface area (Å²) in [6.45, 7) is 8.32. The van der Waals surface area contributed by atoms with Gasteiger partial charge in [0.25, 0.3) is 0 Å². The van der Waals surface area contributed by atoms with Gasteiger partial charge >= 0.3 is 0 Å². The van der Waals surface area contributed by atoms with Crippen LogP contribution in [0.15, 0.2) is 65.6 Å². The van der Waals surface area contributed by atoms with Gasteiger partial charge in [-0.25, -0.2) is 8.42 Å². The van der Waals surface area contributed by atoms with Gasteiger partial charge in [0, 0.05) is 19.5 Å². The fourth-order valence-electron chi connectivity index (χ4n) is 2.83. The third-order valence-corrected chi connectivity index (χ3v) is 6.07. The molecule has 0 aromatic heterocycles. The van der Waals surface area contributed by atoms with Crippen LogP contribution in [0.25, 0.3) is 0 Å². The van der Waals surface area contributed by atoms with Crippen LogP contribution in [-0.2, 0) is 16.4 Å². The Bertz CT molecular complexity index is 765. The Kier molecular flexibility index (Phi) is 10.4. The fraction of sp³-hybridized carbons (Fsp3) is 0.455. The van der Waals surface area contributed by atoms with Crippen molar-refractivity contribution in [1.29, 1.82) is 0 Å². The summed E-state index contributed by atoms with van der Waals surface area (Å²) < 4.78 is 27.3. The number of aliphatic hydroxyl groups is 1. The lowest BCUT2D eigenvalue weighted by molar-refractivity contribution is -0.437. The van der Waals surface area contributed by atoms with Crippen LogP contribution >= 0.6 is 0 Å². The Labute approximate surface area is 170 Å². The van der Waals surface area contributed by atoms with E-state index < -0.39 is 16.1 Å². The molecule has 0 aliphatic carbocycles. The van der Waals surface area contributed by atoms with E-state index in [1.165, 1.54) is 4.31 Å². The number of rotatable bonds is 9. The summed E-state index contributed by atoms with van der Waals surface area (Å²) in [6.07, 6.45) is -0.240. The SMILES string of the molecule is CC.CC(C)CN(CC(O)[C@@H]([NH3+])Cc1ccccc1)S(=O)(=O)c1ccccc1. The van der Waals surface area contributed by atoms with Gasteiger partial charge in [-0.3, -0.25) is 0 Å². The van der Waals surface area contributed by atoms with Gasteiger partial charge in [-0.1, -0.05) is 76.2 Å². The monoisotopic (exact) mass is 407 g/mol. The minimum atomic E-state index is -3.65. The normalized spacial score (nSPS) is 13.7. The van der Waals surface area contributed by atoms with Crippen molar-refractivity contribution in [1.82, 2.24) is 4.31 Å². The molecule has 0 aliphatic heterocycles. The lowest BCUT2D eigenvalue weighted by Crippen LogP contribution is -2.69. The highest BCUT2D eigenvalue weighted by Gasteiger charge is 2.30. The molecule has 28 heavy (non-hydrogen) atoms. The van der Waals surface area contributed by atoms with Gasteiger partial charge in [0.15, 0.2) is 0 Å². The first kappa shape index (κ1) is 24.3. The van der Waals surface area contributed by atoms with Crippen molar-refractivity contribution < 1.29 is 19.3 Å². The van der Waals surface area contributed by atoms with E-state index >= 15 is 0 Å². The summed E-state index contributed by atoms with van der Waals surface area (Å²) in [4.78, 5) is 0.247. The fourth-order valence-corrected chi connectivity index (χ4v) is 4.47. The maximum Gasteiger partial charge on any atom is 0.243 e. The van der Waals surface area contributed by atoms with Gasteiger partial charge in [-0.15, -0.1) is 0 Å². The third kappa shape index (κ3) is 7.36. The van der Waals surface area contributed by atoms with E-state index in [1.807, 2.05) is 58.0 Å². The molecular weight excluding hydrogens is 372 g/mol. The summed E-state index contributed by atoms with van der Waals surface area (Å²) in [5.74, 6) is 0.151. The second-order valence-electron chi connectivity index (χ2n) is 7.05. The van der Waals surface area contributed by atoms with Crippen LogP contribution in [-0.4, -0.2) is 43.1 Å². The molecule has 0 saturated heterocycles. The van der Waals surface area contributed by atoms with Crippen LogP contribution < -0.4 is 5.73 Å². The summed E-state index contributed by atoms with van der Waals surface area (Å²) in [5.41, 5.74) is 5.13. The average Bonchev–Trinajstić information content (AvgIpc) is 2.70. The number of sulfonamides is 1. The maximum absolute atomic E-state index is 13.0. The molecule has 0 radical (unpaired) electrons. The molecule has 0 amide bonds. The van der Waals surface area contributed by atoms with Crippen molar-refractivity contribution >= 4 is 10.0 Å². The summed E-state index contributed by atoms with van der Waals surface area (Å²) in [5, 5.41) is 10.6. The van der Waals surface area contributed by atoms with E-state index in [0.29, 0.717) is 13.0 Å². The first-order chi connectivity index (χ1) is 13.3. The predicted molar refractivity (Wildman–Crippen MR) is 114 cm³/mol. The number of hydrogen-bond donors (Lipinski definition) is 2. The van der Waals surface area contributed by atoms with E-state index in [2.05, 4.69) is 5.73 Å². The zero-order valence-electron chi connectivity index (χ0n) is 17.5. The van der Waals surface area contributed by atoms with E-state index in [0.717, 1.165) is 5.56 Å². The van der Waals surface area contributed by atoms with E-state index in [-0.39, 0.29) is 23.4 Å². The molecule has 4 N–H and O–H groups in total. The molecular formula is C22H35N2O3S+. The molecule has 0 spiro atoms. The Balaban J connectivity index is 0.00000190. The van der Waals surface area contributed by atoms with Crippen molar-refractivity contribution in [3.8, 4) is 0 Å². The first-order valence-corrected chi connectivity index (χ1v) is 11.3. The minimum Gasteiger partial charge on any atom is -0.386 e. The molecule has 2 rings (SSSR count). The van der Waals surface area contributed by atoms with Gasteiger partial charge in [-0.05, 0) is 23.6 Å². The average molecular weight is 408 g/mol. The van der Waals surface area contributed by atoms with Gasteiger partial charge in [0.05, 0.1) is 4.90 Å². The second-order valence-corrected chi connectivity index (χ2v) is 8.98. The van der Waals surface area contributed by atoms with Crippen LogP contribution in [0, 0.1) is 5.92 Å². The highest BCUT2D eigenvalue weighted by Crippen LogP contribution is 2.18. The summed E-state index contributed by atoms with van der Waals surface area (Å²) >= 11 is 0. The lowest BCUT2D eigenvalue weighted by Gasteiger charge is -2.27. The predicted octanol–water partition coefficient (Wildman–Crippen LogP) is 2.57. The molecule has 6 heteroatoms. The van der Waals surface area contributed by atoms with Crippen molar-refractivity contribution in [2.24, 2.45) is 5.92 Å². The van der Waals surface area contributed by atoms with E-state index in [9.17, 15) is 13.5 Å². The first-order valence-electron chi connectivity index (χ1n) is 9.91. The standard InChI is InChI=1S/C20H28N2O3S.C2H6/c1-16(2)14-22(26(24,25)18-11-7-4-8-12-18)15-20(23)19(21)13-17-9-5-3-6-10-17;1-2/h3-12,16,19-20,23H,13-15,21H2,1-2H3;1-2H3/p+1/t19-,20?;/m0./s1. The Morgan fingerprint density at radius 2 is 1.43 bits per heavy atom. The number of benzene rings is 2. The van der Waals surface area contributed by atoms with Gasteiger partial charge < -0.3 is 10.8 Å². The van der Waals surface area contributed by atoms with Gasteiger partial charge in [0.1, 0.15) is 12.1 Å². The minimum absolute atomic E-state index is 0.0381. The summed E-state index contributed by atoms with van der Waals surface area (Å²) in [6, 6.07) is 17.9. The van der Waals surface area contributed by atoms with Crippen molar-refractivity contribution in [3.63, 3.8) is 0 Å². The molecule has 2 atom stereocenters. The quantitative estimate of drug-likeness (QED) is 0.670. The number of aliphatic hydroxyl groups excluding tert-OH is 1. The lowest BCUT2D eigenvalue weighted by atomic mass is 10.0. The van der Waals surface area contributed by atoms with E-state index in [1.54, 1.807) is 30.3 Å². The third-order valence-electron chi connectivity index (χ3n) is 4.23. The van der Waals surface area contributed by atoms with Crippen LogP contribution in [0.4, 0.5) is 0 Å². The molecule has 2 aromatic rings. The molecule has 0 bridgehead atoms. The molecule has 156 valence electrons. The van der Waals surface area contributed by atoms with Crippen LogP contribution in [0.3, 0.4) is 0 Å². The Hall–Kier alpha value is -1.73. The summed E-state index contributed by atoms with van der Waals surface area (Å²) in [7, 11) is -3.65. The highest BCUT2D eigenvalue weighted by atomic mass is 32.2. The molecule has 0 aliphatic rings. The van der Waals surface area contributed by atoms with Crippen LogP contribution in [0.5, 0.6) is 0 Å². The zero-order valence-corrected chi connectivity index (χ0v) is 18.3. The van der Waals surface area contributed by atoms with Crippen molar-refractivity contribution in [2.75, 3.05) is 13.1 Å². The second kappa shape index (κ2) is 12.0. The Morgan fingerprint density at radius 1 is 0.929 bits per heavy atom. The van der Waals surface area contributed by atoms with E-state index in [4.69, 9.17) is 0 Å². The molecule has 5 nitrogen and oxygen atoms in total.